The van der Waals surface area contributed by atoms with Gasteiger partial charge in [-0.1, -0.05) is 0 Å². The number of anilines is 1. The highest BCUT2D eigenvalue weighted by Crippen LogP contribution is 2.26. The number of nitrogens with zero attached hydrogens (tertiary/aromatic N) is 1. The monoisotopic (exact) mass is 275 g/mol. The zero-order valence-electron chi connectivity index (χ0n) is 11.5. The summed E-state index contributed by atoms with van der Waals surface area (Å²) in [6, 6.07) is 6.94. The molecule has 106 valence electrons. The highest BCUT2D eigenvalue weighted by Gasteiger charge is 2.33. The zero-order valence-corrected chi connectivity index (χ0v) is 11.5. The Morgan fingerprint density at radius 3 is 2.95 bits per heavy atom. The van der Waals surface area contributed by atoms with Crippen LogP contribution >= 0.6 is 0 Å². The summed E-state index contributed by atoms with van der Waals surface area (Å²) in [5.74, 6) is 0.113. The molecule has 1 aliphatic rings. The van der Waals surface area contributed by atoms with Crippen molar-refractivity contribution in [3.63, 3.8) is 0 Å². The number of benzene rings is 1. The van der Waals surface area contributed by atoms with Crippen LogP contribution in [-0.2, 0) is 9.53 Å². The third kappa shape index (κ3) is 2.90. The first-order valence-corrected chi connectivity index (χ1v) is 6.33. The molecular formula is C14H17N3O3. The van der Waals surface area contributed by atoms with Crippen molar-refractivity contribution in [2.24, 2.45) is 5.92 Å². The fourth-order valence-electron chi connectivity index (χ4n) is 2.19. The number of hydrogen-bond acceptors (Lipinski definition) is 5. The Labute approximate surface area is 117 Å². The standard InChI is InChI=1S/C14H17N3O3/c1-16-12-8-20-7-10(12)14(18)17-11-4-3-9(6-15)5-13(11)19-2/h3-5,10,12,16H,7-8H2,1-2H3,(H,17,18). The molecule has 2 atom stereocenters. The van der Waals surface area contributed by atoms with Gasteiger partial charge in [-0.3, -0.25) is 4.79 Å². The lowest BCUT2D eigenvalue weighted by Gasteiger charge is -2.17. The molecule has 0 saturated carbocycles. The molecular weight excluding hydrogens is 258 g/mol. The first-order chi connectivity index (χ1) is 9.69. The summed E-state index contributed by atoms with van der Waals surface area (Å²) < 4.78 is 10.5. The maximum atomic E-state index is 12.3. The Hall–Kier alpha value is -2.10. The highest BCUT2D eigenvalue weighted by atomic mass is 16.5. The molecule has 6 heteroatoms. The Kier molecular flexibility index (Phi) is 4.56. The van der Waals surface area contributed by atoms with Crippen molar-refractivity contribution in [2.45, 2.75) is 6.04 Å². The number of carbonyl (C=O) groups excluding carboxylic acids is 1. The Morgan fingerprint density at radius 1 is 1.50 bits per heavy atom. The number of rotatable bonds is 4. The average molecular weight is 275 g/mol. The van der Waals surface area contributed by atoms with E-state index < -0.39 is 0 Å². The lowest BCUT2D eigenvalue weighted by Crippen LogP contribution is -2.39. The second kappa shape index (κ2) is 6.37. The first kappa shape index (κ1) is 14.3. The molecule has 2 rings (SSSR count). The largest absolute Gasteiger partial charge is 0.495 e. The van der Waals surface area contributed by atoms with Gasteiger partial charge >= 0.3 is 0 Å². The quantitative estimate of drug-likeness (QED) is 0.846. The molecule has 0 radical (unpaired) electrons. The van der Waals surface area contributed by atoms with Crippen molar-refractivity contribution in [3.8, 4) is 11.8 Å². The maximum Gasteiger partial charge on any atom is 0.231 e. The highest BCUT2D eigenvalue weighted by molar-refractivity contribution is 5.94. The second-order valence-electron chi connectivity index (χ2n) is 4.56. The number of methoxy groups -OCH3 is 1. The van der Waals surface area contributed by atoms with Crippen LogP contribution in [0.3, 0.4) is 0 Å². The lowest BCUT2D eigenvalue weighted by atomic mass is 10.0. The summed E-state index contributed by atoms with van der Waals surface area (Å²) in [6.45, 7) is 0.926. The molecule has 1 aromatic rings. The molecule has 20 heavy (non-hydrogen) atoms. The van der Waals surface area contributed by atoms with Crippen LogP contribution in [0.25, 0.3) is 0 Å². The van der Waals surface area contributed by atoms with Crippen LogP contribution in [0.2, 0.25) is 0 Å². The normalized spacial score (nSPS) is 21.2. The van der Waals surface area contributed by atoms with Crippen LogP contribution in [-0.4, -0.2) is 39.3 Å². The molecule has 0 bridgehead atoms. The SMILES string of the molecule is CNC1COCC1C(=O)Nc1ccc(C#N)cc1OC. The summed E-state index contributed by atoms with van der Waals surface area (Å²) >= 11 is 0. The van der Waals surface area contributed by atoms with Crippen LogP contribution in [0.4, 0.5) is 5.69 Å². The van der Waals surface area contributed by atoms with Crippen LogP contribution in [0.5, 0.6) is 5.75 Å². The summed E-state index contributed by atoms with van der Waals surface area (Å²) in [7, 11) is 3.31. The number of nitriles is 1. The smallest absolute Gasteiger partial charge is 0.231 e. The molecule has 1 aromatic carbocycles. The molecule has 1 amide bonds. The third-order valence-electron chi connectivity index (χ3n) is 3.38. The number of ether oxygens (including phenoxy) is 2. The van der Waals surface area contributed by atoms with E-state index in [4.69, 9.17) is 14.7 Å². The van der Waals surface area contributed by atoms with Gasteiger partial charge in [-0.05, 0) is 19.2 Å². The van der Waals surface area contributed by atoms with Crippen LogP contribution in [0, 0.1) is 17.2 Å². The number of nitrogens with one attached hydrogen (secondary N) is 2. The molecule has 0 spiro atoms. The van der Waals surface area contributed by atoms with E-state index in [0.717, 1.165) is 0 Å². The molecule has 2 N–H and O–H groups in total. The summed E-state index contributed by atoms with van der Waals surface area (Å²) in [4.78, 5) is 12.3. The minimum atomic E-state index is -0.236. The molecule has 1 fully saturated rings. The minimum Gasteiger partial charge on any atom is -0.495 e. The summed E-state index contributed by atoms with van der Waals surface area (Å²) in [6.07, 6.45) is 0. The van der Waals surface area contributed by atoms with E-state index >= 15 is 0 Å². The molecule has 0 aliphatic carbocycles. The van der Waals surface area contributed by atoms with Crippen LogP contribution in [0.1, 0.15) is 5.56 Å². The van der Waals surface area contributed by atoms with Crippen molar-refractivity contribution in [1.82, 2.24) is 5.32 Å². The van der Waals surface area contributed by atoms with Gasteiger partial charge in [0.1, 0.15) is 5.75 Å². The van der Waals surface area contributed by atoms with Gasteiger partial charge in [-0.25, -0.2) is 0 Å². The topological polar surface area (TPSA) is 83.4 Å². The van der Waals surface area contributed by atoms with E-state index in [2.05, 4.69) is 10.6 Å². The summed E-state index contributed by atoms with van der Waals surface area (Å²) in [5.41, 5.74) is 1.04. The van der Waals surface area contributed by atoms with E-state index in [1.807, 2.05) is 13.1 Å². The Bertz CT molecular complexity index is 539. The zero-order chi connectivity index (χ0) is 14.5. The van der Waals surface area contributed by atoms with Crippen LogP contribution < -0.4 is 15.4 Å². The van der Waals surface area contributed by atoms with Crippen molar-refractivity contribution >= 4 is 11.6 Å². The van der Waals surface area contributed by atoms with E-state index in [1.54, 1.807) is 18.2 Å². The minimum absolute atomic E-state index is 0.0133. The second-order valence-corrected chi connectivity index (χ2v) is 4.56. The number of amides is 1. The van der Waals surface area contributed by atoms with Gasteiger partial charge in [0.25, 0.3) is 0 Å². The number of likely N-dealkylation sites (N-methyl/N-ethyl adjacent to an activating group) is 1. The van der Waals surface area contributed by atoms with Gasteiger partial charge in [-0.15, -0.1) is 0 Å². The third-order valence-corrected chi connectivity index (χ3v) is 3.38. The predicted molar refractivity (Wildman–Crippen MR) is 73.5 cm³/mol. The lowest BCUT2D eigenvalue weighted by molar-refractivity contribution is -0.120. The summed E-state index contributed by atoms with van der Waals surface area (Å²) in [5, 5.41) is 14.7. The maximum absolute atomic E-state index is 12.3. The fourth-order valence-corrected chi connectivity index (χ4v) is 2.19. The average Bonchev–Trinajstić information content (AvgIpc) is 2.96. The Morgan fingerprint density at radius 2 is 2.30 bits per heavy atom. The van der Waals surface area contributed by atoms with Gasteiger partial charge in [0.15, 0.2) is 0 Å². The van der Waals surface area contributed by atoms with Crippen molar-refractivity contribution in [2.75, 3.05) is 32.7 Å². The van der Waals surface area contributed by atoms with Gasteiger partial charge in [-0.2, -0.15) is 5.26 Å². The van der Waals surface area contributed by atoms with Crippen molar-refractivity contribution < 1.29 is 14.3 Å². The molecule has 0 aromatic heterocycles. The van der Waals surface area contributed by atoms with Crippen molar-refractivity contribution in [3.05, 3.63) is 23.8 Å². The van der Waals surface area contributed by atoms with Gasteiger partial charge in [0.2, 0.25) is 5.91 Å². The molecule has 1 heterocycles. The number of hydrogen-bond donors (Lipinski definition) is 2. The first-order valence-electron chi connectivity index (χ1n) is 6.33. The molecule has 1 aliphatic heterocycles. The number of carbonyl (C=O) groups is 1. The van der Waals surface area contributed by atoms with Crippen LogP contribution in [0.15, 0.2) is 18.2 Å². The van der Waals surface area contributed by atoms with Crippen molar-refractivity contribution in [1.29, 1.82) is 5.26 Å². The predicted octanol–water partition coefficient (Wildman–Crippen LogP) is 0.740. The van der Waals surface area contributed by atoms with Gasteiger partial charge in [0, 0.05) is 12.1 Å². The Balaban J connectivity index is 2.13. The fraction of sp³-hybridized carbons (Fsp3) is 0.429. The molecule has 2 unspecified atom stereocenters. The van der Waals surface area contributed by atoms with E-state index in [1.165, 1.54) is 7.11 Å². The molecule has 6 nitrogen and oxygen atoms in total. The van der Waals surface area contributed by atoms with E-state index in [0.29, 0.717) is 30.2 Å². The van der Waals surface area contributed by atoms with Gasteiger partial charge < -0.3 is 20.1 Å². The molecule has 1 saturated heterocycles. The van der Waals surface area contributed by atoms with E-state index in [-0.39, 0.29) is 17.9 Å². The van der Waals surface area contributed by atoms with Gasteiger partial charge in [0.05, 0.1) is 43.6 Å². The van der Waals surface area contributed by atoms with E-state index in [9.17, 15) is 4.79 Å².